The van der Waals surface area contributed by atoms with Gasteiger partial charge in [-0.2, -0.15) is 0 Å². The number of carbonyl (C=O) groups excluding carboxylic acids is 1. The minimum Gasteiger partial charge on any atom is -0.494 e. The number of pyridine rings is 1. The second-order valence-corrected chi connectivity index (χ2v) is 4.79. The lowest BCUT2D eigenvalue weighted by atomic mass is 9.94. The van der Waals surface area contributed by atoms with E-state index in [1.165, 1.54) is 0 Å². The molecule has 0 spiro atoms. The number of nitrogens with two attached hydrogens (primary N) is 1. The Morgan fingerprint density at radius 2 is 1.87 bits per heavy atom. The number of aromatic nitrogens is 1. The molecule has 0 aliphatic rings. The molecule has 5 nitrogen and oxygen atoms in total. The molecular formula is C16H21Cl2N3O2. The Balaban J connectivity index is 0.00000242. The quantitative estimate of drug-likeness (QED) is 0.861. The van der Waals surface area contributed by atoms with Crippen LogP contribution in [0.5, 0.6) is 5.75 Å². The number of amides is 1. The lowest BCUT2D eigenvalue weighted by molar-refractivity contribution is -0.120. The number of nitrogens with zero attached hydrogens (tertiary/aromatic N) is 1. The fraction of sp³-hybridized carbons (Fsp3) is 0.250. The van der Waals surface area contributed by atoms with Crippen LogP contribution in [-0.4, -0.2) is 18.0 Å². The van der Waals surface area contributed by atoms with Gasteiger partial charge in [0.25, 0.3) is 0 Å². The van der Waals surface area contributed by atoms with Crippen LogP contribution < -0.4 is 15.8 Å². The van der Waals surface area contributed by atoms with Crippen molar-refractivity contribution in [2.24, 2.45) is 11.7 Å². The number of halogens is 2. The Labute approximate surface area is 148 Å². The summed E-state index contributed by atoms with van der Waals surface area (Å²) in [5, 5.41) is 2.81. The van der Waals surface area contributed by atoms with Crippen molar-refractivity contribution >= 4 is 36.4 Å². The van der Waals surface area contributed by atoms with E-state index in [1.807, 2.05) is 30.3 Å². The van der Waals surface area contributed by atoms with Gasteiger partial charge in [-0.15, -0.1) is 24.8 Å². The van der Waals surface area contributed by atoms with Crippen molar-refractivity contribution in [2.45, 2.75) is 13.0 Å². The molecule has 0 saturated heterocycles. The molecule has 2 aromatic rings. The number of rotatable bonds is 5. The SMILES string of the molecule is COc1ccncc1NC(=O)C(C)C(N)c1ccccc1.Cl.Cl. The smallest absolute Gasteiger partial charge is 0.229 e. The summed E-state index contributed by atoms with van der Waals surface area (Å²) in [6, 6.07) is 10.9. The van der Waals surface area contributed by atoms with Crippen LogP contribution >= 0.6 is 24.8 Å². The average Bonchev–Trinajstić information content (AvgIpc) is 2.54. The minimum atomic E-state index is -0.377. The fourth-order valence-corrected chi connectivity index (χ4v) is 2.03. The molecule has 0 aliphatic heterocycles. The summed E-state index contributed by atoms with van der Waals surface area (Å²) in [7, 11) is 1.55. The molecule has 2 unspecified atom stereocenters. The summed E-state index contributed by atoms with van der Waals surface area (Å²) in [4.78, 5) is 16.3. The predicted molar refractivity (Wildman–Crippen MR) is 96.4 cm³/mol. The van der Waals surface area contributed by atoms with Crippen molar-refractivity contribution in [1.82, 2.24) is 4.98 Å². The Bertz CT molecular complexity index is 611. The predicted octanol–water partition coefficient (Wildman–Crippen LogP) is 3.21. The van der Waals surface area contributed by atoms with Crippen LogP contribution in [0, 0.1) is 5.92 Å². The first-order valence-corrected chi connectivity index (χ1v) is 6.73. The van der Waals surface area contributed by atoms with Crippen LogP contribution in [0.25, 0.3) is 0 Å². The van der Waals surface area contributed by atoms with E-state index in [4.69, 9.17) is 10.5 Å². The number of benzene rings is 1. The van der Waals surface area contributed by atoms with E-state index in [1.54, 1.807) is 32.5 Å². The van der Waals surface area contributed by atoms with Crippen molar-refractivity contribution in [3.05, 3.63) is 54.4 Å². The molecule has 0 saturated carbocycles. The number of carbonyl (C=O) groups is 1. The summed E-state index contributed by atoms with van der Waals surface area (Å²) in [5.74, 6) is 0.0220. The normalized spacial score (nSPS) is 12.1. The second kappa shape index (κ2) is 10.0. The van der Waals surface area contributed by atoms with E-state index in [9.17, 15) is 4.79 Å². The van der Waals surface area contributed by atoms with E-state index in [0.717, 1.165) is 5.56 Å². The van der Waals surface area contributed by atoms with Crippen molar-refractivity contribution in [3.63, 3.8) is 0 Å². The minimum absolute atomic E-state index is 0. The van der Waals surface area contributed by atoms with Crippen molar-refractivity contribution < 1.29 is 9.53 Å². The fourth-order valence-electron chi connectivity index (χ4n) is 2.03. The van der Waals surface area contributed by atoms with Crippen molar-refractivity contribution in [1.29, 1.82) is 0 Å². The average molecular weight is 358 g/mol. The van der Waals surface area contributed by atoms with Gasteiger partial charge in [0.1, 0.15) is 11.4 Å². The maximum Gasteiger partial charge on any atom is 0.229 e. The molecule has 1 aromatic carbocycles. The Morgan fingerprint density at radius 3 is 2.48 bits per heavy atom. The van der Waals surface area contributed by atoms with Crippen molar-refractivity contribution in [2.75, 3.05) is 12.4 Å². The number of hydrogen-bond donors (Lipinski definition) is 2. The molecule has 7 heteroatoms. The van der Waals surface area contributed by atoms with Crippen LogP contribution in [0.4, 0.5) is 5.69 Å². The molecule has 0 fully saturated rings. The lowest BCUT2D eigenvalue weighted by Gasteiger charge is -2.20. The zero-order valence-electron chi connectivity index (χ0n) is 12.9. The van der Waals surface area contributed by atoms with Crippen LogP contribution in [0.1, 0.15) is 18.5 Å². The second-order valence-electron chi connectivity index (χ2n) is 4.79. The van der Waals surface area contributed by atoms with Crippen LogP contribution in [0.15, 0.2) is 48.8 Å². The van der Waals surface area contributed by atoms with E-state index >= 15 is 0 Å². The molecule has 1 heterocycles. The first kappa shape index (κ1) is 21.2. The molecular weight excluding hydrogens is 337 g/mol. The number of methoxy groups -OCH3 is 1. The number of anilines is 1. The Kier molecular flexibility index (Phi) is 9.25. The first-order chi connectivity index (χ1) is 10.1. The van der Waals surface area contributed by atoms with Gasteiger partial charge in [0.2, 0.25) is 5.91 Å². The van der Waals surface area contributed by atoms with E-state index in [2.05, 4.69) is 10.3 Å². The number of hydrogen-bond acceptors (Lipinski definition) is 4. The zero-order chi connectivity index (χ0) is 15.2. The summed E-state index contributed by atoms with van der Waals surface area (Å²) >= 11 is 0. The van der Waals surface area contributed by atoms with Gasteiger partial charge in [0.15, 0.2) is 0 Å². The highest BCUT2D eigenvalue weighted by Gasteiger charge is 2.22. The van der Waals surface area contributed by atoms with Gasteiger partial charge in [-0.25, -0.2) is 0 Å². The van der Waals surface area contributed by atoms with Gasteiger partial charge in [0, 0.05) is 18.3 Å². The van der Waals surface area contributed by atoms with Crippen molar-refractivity contribution in [3.8, 4) is 5.75 Å². The van der Waals surface area contributed by atoms with Gasteiger partial charge in [0.05, 0.1) is 19.2 Å². The van der Waals surface area contributed by atoms with E-state index in [0.29, 0.717) is 11.4 Å². The van der Waals surface area contributed by atoms with E-state index in [-0.39, 0.29) is 42.7 Å². The van der Waals surface area contributed by atoms with Crippen LogP contribution in [0.3, 0.4) is 0 Å². The topological polar surface area (TPSA) is 77.2 Å². The molecule has 23 heavy (non-hydrogen) atoms. The summed E-state index contributed by atoms with van der Waals surface area (Å²) in [6.07, 6.45) is 3.16. The molecule has 0 bridgehead atoms. The first-order valence-electron chi connectivity index (χ1n) is 6.73. The maximum absolute atomic E-state index is 12.3. The largest absolute Gasteiger partial charge is 0.494 e. The summed E-state index contributed by atoms with van der Waals surface area (Å²) < 4.78 is 5.19. The zero-order valence-corrected chi connectivity index (χ0v) is 14.6. The van der Waals surface area contributed by atoms with Gasteiger partial charge >= 0.3 is 0 Å². The summed E-state index contributed by atoms with van der Waals surface area (Å²) in [6.45, 7) is 1.80. The highest BCUT2D eigenvalue weighted by Crippen LogP contribution is 2.25. The highest BCUT2D eigenvalue weighted by atomic mass is 35.5. The molecule has 3 N–H and O–H groups in total. The molecule has 1 aromatic heterocycles. The molecule has 0 radical (unpaired) electrons. The lowest BCUT2D eigenvalue weighted by Crippen LogP contribution is -2.30. The Hall–Kier alpha value is -1.82. The third-order valence-electron chi connectivity index (χ3n) is 3.40. The van der Waals surface area contributed by atoms with Gasteiger partial charge in [-0.1, -0.05) is 37.3 Å². The molecule has 0 aliphatic carbocycles. The maximum atomic E-state index is 12.3. The number of ether oxygens (including phenoxy) is 1. The molecule has 126 valence electrons. The van der Waals surface area contributed by atoms with Gasteiger partial charge in [-0.3, -0.25) is 9.78 Å². The van der Waals surface area contributed by atoms with Crippen LogP contribution in [-0.2, 0) is 4.79 Å². The molecule has 2 atom stereocenters. The van der Waals surface area contributed by atoms with E-state index < -0.39 is 0 Å². The number of nitrogens with one attached hydrogen (secondary N) is 1. The standard InChI is InChI=1S/C16H19N3O2.2ClH/c1-11(15(17)12-6-4-3-5-7-12)16(20)19-13-10-18-9-8-14(13)21-2;;/h3-11,15H,17H2,1-2H3,(H,19,20);2*1H. The monoisotopic (exact) mass is 357 g/mol. The molecule has 1 amide bonds. The molecule has 2 rings (SSSR count). The third kappa shape index (κ3) is 5.39. The van der Waals surface area contributed by atoms with Crippen LogP contribution in [0.2, 0.25) is 0 Å². The van der Waals surface area contributed by atoms with Gasteiger partial charge in [-0.05, 0) is 5.56 Å². The van der Waals surface area contributed by atoms with Gasteiger partial charge < -0.3 is 15.8 Å². The summed E-state index contributed by atoms with van der Waals surface area (Å²) in [5.41, 5.74) is 7.62. The highest BCUT2D eigenvalue weighted by molar-refractivity contribution is 5.94. The third-order valence-corrected chi connectivity index (χ3v) is 3.40. The Morgan fingerprint density at radius 1 is 1.22 bits per heavy atom.